The Morgan fingerprint density at radius 2 is 2.15 bits per heavy atom. The van der Waals surface area contributed by atoms with E-state index in [0.29, 0.717) is 32.4 Å². The van der Waals surface area contributed by atoms with Crippen LogP contribution < -0.4 is 15.4 Å². The van der Waals surface area contributed by atoms with Crippen molar-refractivity contribution >= 4 is 11.8 Å². The minimum absolute atomic E-state index is 0.0165. The van der Waals surface area contributed by atoms with E-state index in [-0.39, 0.29) is 17.9 Å². The summed E-state index contributed by atoms with van der Waals surface area (Å²) in [6.07, 6.45) is 2.33. The summed E-state index contributed by atoms with van der Waals surface area (Å²) in [6, 6.07) is 9.62. The highest BCUT2D eigenvalue weighted by Crippen LogP contribution is 2.09. The monoisotopic (exact) mass is 276 g/mol. The van der Waals surface area contributed by atoms with Crippen LogP contribution in [0.3, 0.4) is 0 Å². The predicted octanol–water partition coefficient (Wildman–Crippen LogP) is 1.24. The van der Waals surface area contributed by atoms with Gasteiger partial charge in [-0.25, -0.2) is 0 Å². The Hall–Kier alpha value is -2.04. The van der Waals surface area contributed by atoms with E-state index in [1.807, 2.05) is 30.3 Å². The average Bonchev–Trinajstić information content (AvgIpc) is 2.47. The number of carbonyl (C=O) groups excluding carboxylic acids is 2. The van der Waals surface area contributed by atoms with Crippen molar-refractivity contribution in [2.24, 2.45) is 0 Å². The molecule has 0 bridgehead atoms. The van der Waals surface area contributed by atoms with Crippen LogP contribution in [0.5, 0.6) is 5.75 Å². The molecule has 0 saturated carbocycles. The number of carbonyl (C=O) groups is 2. The van der Waals surface area contributed by atoms with E-state index in [1.54, 1.807) is 0 Å². The van der Waals surface area contributed by atoms with Crippen molar-refractivity contribution in [2.45, 2.75) is 31.7 Å². The molecule has 5 heteroatoms. The van der Waals surface area contributed by atoms with Crippen LogP contribution in [0.25, 0.3) is 0 Å². The van der Waals surface area contributed by atoms with E-state index in [2.05, 4.69) is 10.6 Å². The molecular weight excluding hydrogens is 256 g/mol. The van der Waals surface area contributed by atoms with E-state index in [4.69, 9.17) is 4.74 Å². The van der Waals surface area contributed by atoms with Gasteiger partial charge in [0.05, 0.1) is 6.61 Å². The molecule has 1 aliphatic heterocycles. The van der Waals surface area contributed by atoms with E-state index >= 15 is 0 Å². The normalized spacial score (nSPS) is 18.2. The zero-order chi connectivity index (χ0) is 14.2. The van der Waals surface area contributed by atoms with Gasteiger partial charge in [-0.15, -0.1) is 0 Å². The molecule has 0 aromatic heterocycles. The molecule has 1 aliphatic rings. The third-order valence-corrected chi connectivity index (χ3v) is 3.19. The molecule has 1 atom stereocenters. The van der Waals surface area contributed by atoms with Crippen LogP contribution in [-0.4, -0.2) is 31.0 Å². The van der Waals surface area contributed by atoms with Crippen LogP contribution in [0, 0.1) is 0 Å². The first-order valence-electron chi connectivity index (χ1n) is 6.98. The van der Waals surface area contributed by atoms with Crippen LogP contribution >= 0.6 is 0 Å². The van der Waals surface area contributed by atoms with Gasteiger partial charge >= 0.3 is 0 Å². The quantitative estimate of drug-likeness (QED) is 0.768. The molecule has 1 fully saturated rings. The second-order valence-electron chi connectivity index (χ2n) is 4.87. The smallest absolute Gasteiger partial charge is 0.220 e. The first kappa shape index (κ1) is 14.4. The summed E-state index contributed by atoms with van der Waals surface area (Å²) in [7, 11) is 0. The topological polar surface area (TPSA) is 67.4 Å². The molecule has 2 N–H and O–H groups in total. The summed E-state index contributed by atoms with van der Waals surface area (Å²) in [5, 5.41) is 5.68. The van der Waals surface area contributed by atoms with Gasteiger partial charge in [0.15, 0.2) is 0 Å². The first-order chi connectivity index (χ1) is 9.74. The van der Waals surface area contributed by atoms with E-state index < -0.39 is 0 Å². The summed E-state index contributed by atoms with van der Waals surface area (Å²) < 4.78 is 5.52. The maximum absolute atomic E-state index is 11.7. The van der Waals surface area contributed by atoms with E-state index in [0.717, 1.165) is 12.2 Å². The minimum Gasteiger partial charge on any atom is -0.494 e. The van der Waals surface area contributed by atoms with Crippen molar-refractivity contribution in [1.82, 2.24) is 10.6 Å². The summed E-state index contributed by atoms with van der Waals surface area (Å²) in [4.78, 5) is 22.7. The Morgan fingerprint density at radius 3 is 2.85 bits per heavy atom. The standard InChI is InChI=1S/C15H20N2O3/c18-14-9-8-12(11-16-14)17-15(19)7-4-10-20-13-5-2-1-3-6-13/h1-3,5-6,12H,4,7-11H2,(H,16,18)(H,17,19). The molecule has 1 aromatic rings. The SMILES string of the molecule is O=C1CCC(NC(=O)CCCOc2ccccc2)CN1. The van der Waals surface area contributed by atoms with Crippen molar-refractivity contribution in [3.63, 3.8) is 0 Å². The van der Waals surface area contributed by atoms with E-state index in [9.17, 15) is 9.59 Å². The highest BCUT2D eigenvalue weighted by molar-refractivity contribution is 5.78. The number of nitrogens with one attached hydrogen (secondary N) is 2. The maximum atomic E-state index is 11.7. The summed E-state index contributed by atoms with van der Waals surface area (Å²) in [6.45, 7) is 1.06. The zero-order valence-corrected chi connectivity index (χ0v) is 11.4. The van der Waals surface area contributed by atoms with Crippen molar-refractivity contribution in [2.75, 3.05) is 13.2 Å². The second kappa shape index (κ2) is 7.53. The molecule has 2 amide bonds. The van der Waals surface area contributed by atoms with Gasteiger partial charge in [-0.05, 0) is 25.0 Å². The molecule has 108 valence electrons. The number of hydrogen-bond donors (Lipinski definition) is 2. The number of benzene rings is 1. The van der Waals surface area contributed by atoms with Crippen molar-refractivity contribution < 1.29 is 14.3 Å². The fourth-order valence-corrected chi connectivity index (χ4v) is 2.10. The average molecular weight is 276 g/mol. The molecule has 0 spiro atoms. The molecule has 2 rings (SSSR count). The molecular formula is C15H20N2O3. The van der Waals surface area contributed by atoms with Crippen molar-refractivity contribution in [1.29, 1.82) is 0 Å². The fourth-order valence-electron chi connectivity index (χ4n) is 2.10. The van der Waals surface area contributed by atoms with Crippen LogP contribution in [0.4, 0.5) is 0 Å². The lowest BCUT2D eigenvalue weighted by molar-refractivity contribution is -0.125. The van der Waals surface area contributed by atoms with Crippen LogP contribution in [-0.2, 0) is 9.59 Å². The number of hydrogen-bond acceptors (Lipinski definition) is 3. The lowest BCUT2D eigenvalue weighted by atomic mass is 10.1. The molecule has 1 aromatic carbocycles. The Bertz CT molecular complexity index is 438. The largest absolute Gasteiger partial charge is 0.494 e. The second-order valence-corrected chi connectivity index (χ2v) is 4.87. The molecule has 0 aliphatic carbocycles. The summed E-state index contributed by atoms with van der Waals surface area (Å²) in [5.74, 6) is 0.900. The number of rotatable bonds is 6. The number of piperidine rings is 1. The molecule has 0 radical (unpaired) electrons. The van der Waals surface area contributed by atoms with Gasteiger partial charge in [0.2, 0.25) is 11.8 Å². The Kier molecular flexibility index (Phi) is 5.41. The Morgan fingerprint density at radius 1 is 1.35 bits per heavy atom. The van der Waals surface area contributed by atoms with Gasteiger partial charge in [0.25, 0.3) is 0 Å². The van der Waals surface area contributed by atoms with Crippen LogP contribution in [0.2, 0.25) is 0 Å². The number of amides is 2. The third kappa shape index (κ3) is 4.91. The van der Waals surface area contributed by atoms with Gasteiger partial charge in [-0.2, -0.15) is 0 Å². The third-order valence-electron chi connectivity index (χ3n) is 3.19. The summed E-state index contributed by atoms with van der Waals surface area (Å²) in [5.41, 5.74) is 0. The van der Waals surface area contributed by atoms with Gasteiger partial charge in [-0.3, -0.25) is 9.59 Å². The van der Waals surface area contributed by atoms with E-state index in [1.165, 1.54) is 0 Å². The highest BCUT2D eigenvalue weighted by atomic mass is 16.5. The minimum atomic E-state index is 0.0165. The number of ether oxygens (including phenoxy) is 1. The molecule has 1 unspecified atom stereocenters. The molecule has 5 nitrogen and oxygen atoms in total. The first-order valence-corrected chi connectivity index (χ1v) is 6.98. The molecule has 20 heavy (non-hydrogen) atoms. The number of para-hydroxylation sites is 1. The predicted molar refractivity (Wildman–Crippen MR) is 75.3 cm³/mol. The summed E-state index contributed by atoms with van der Waals surface area (Å²) >= 11 is 0. The van der Waals surface area contributed by atoms with Gasteiger partial charge in [0.1, 0.15) is 5.75 Å². The molecule has 1 heterocycles. The maximum Gasteiger partial charge on any atom is 0.220 e. The van der Waals surface area contributed by atoms with Gasteiger partial charge in [-0.1, -0.05) is 18.2 Å². The zero-order valence-electron chi connectivity index (χ0n) is 11.4. The van der Waals surface area contributed by atoms with Gasteiger partial charge < -0.3 is 15.4 Å². The van der Waals surface area contributed by atoms with Crippen molar-refractivity contribution in [3.05, 3.63) is 30.3 Å². The van der Waals surface area contributed by atoms with Gasteiger partial charge in [0, 0.05) is 25.4 Å². The van der Waals surface area contributed by atoms with Crippen LogP contribution in [0.15, 0.2) is 30.3 Å². The van der Waals surface area contributed by atoms with Crippen LogP contribution in [0.1, 0.15) is 25.7 Å². The highest BCUT2D eigenvalue weighted by Gasteiger charge is 2.19. The molecule has 1 saturated heterocycles. The van der Waals surface area contributed by atoms with Crippen molar-refractivity contribution in [3.8, 4) is 5.75 Å². The Labute approximate surface area is 118 Å². The lowest BCUT2D eigenvalue weighted by Crippen LogP contribution is -2.47. The lowest BCUT2D eigenvalue weighted by Gasteiger charge is -2.23. The Balaban J connectivity index is 1.57. The fraction of sp³-hybridized carbons (Fsp3) is 0.467.